The van der Waals surface area contributed by atoms with Gasteiger partial charge in [0.25, 0.3) is 0 Å². The maximum absolute atomic E-state index is 13.7. The van der Waals surface area contributed by atoms with Gasteiger partial charge in [-0.25, -0.2) is 4.39 Å². The van der Waals surface area contributed by atoms with Crippen molar-refractivity contribution in [3.8, 4) is 11.4 Å². The quantitative estimate of drug-likeness (QED) is 0.940. The maximum atomic E-state index is 13.7. The molecule has 118 valence electrons. The average Bonchev–Trinajstić information content (AvgIpc) is 3.02. The fourth-order valence-corrected chi connectivity index (χ4v) is 2.89. The molecule has 0 bridgehead atoms. The molecule has 2 heterocycles. The van der Waals surface area contributed by atoms with Gasteiger partial charge in [0.05, 0.1) is 12.0 Å². The summed E-state index contributed by atoms with van der Waals surface area (Å²) in [6.45, 7) is 4.04. The van der Waals surface area contributed by atoms with Gasteiger partial charge in [0.15, 0.2) is 0 Å². The molecular weight excluding hydrogens is 285 g/mol. The summed E-state index contributed by atoms with van der Waals surface area (Å²) < 4.78 is 24.6. The molecule has 0 atom stereocenters. The molecule has 0 spiro atoms. The van der Waals surface area contributed by atoms with Gasteiger partial charge in [-0.1, -0.05) is 17.3 Å². The Balaban J connectivity index is 1.92. The van der Waals surface area contributed by atoms with Crippen LogP contribution in [0.2, 0.25) is 0 Å². The summed E-state index contributed by atoms with van der Waals surface area (Å²) in [5.74, 6) is 0.729. The standard InChI is InChI=1S/C16H20FN3O2/c1-11-3-4-12(9-13(11)17)14-19-15(22-20-14)16(10-21-2)5-7-18-8-6-16/h3-4,9,18H,5-8,10H2,1-2H3. The highest BCUT2D eigenvalue weighted by molar-refractivity contribution is 5.55. The van der Waals surface area contributed by atoms with Crippen molar-refractivity contribution in [2.45, 2.75) is 25.2 Å². The van der Waals surface area contributed by atoms with Gasteiger partial charge in [0.2, 0.25) is 11.7 Å². The van der Waals surface area contributed by atoms with Gasteiger partial charge in [0.1, 0.15) is 5.82 Å². The van der Waals surface area contributed by atoms with Crippen molar-refractivity contribution in [1.29, 1.82) is 0 Å². The Bertz CT molecular complexity index is 645. The Hall–Kier alpha value is -1.79. The third kappa shape index (κ3) is 2.76. The van der Waals surface area contributed by atoms with Crippen LogP contribution in [-0.4, -0.2) is 36.9 Å². The minimum atomic E-state index is -0.266. The number of hydrogen-bond donors (Lipinski definition) is 1. The number of hydrogen-bond acceptors (Lipinski definition) is 5. The van der Waals surface area contributed by atoms with Gasteiger partial charge in [0, 0.05) is 12.7 Å². The fourth-order valence-electron chi connectivity index (χ4n) is 2.89. The Morgan fingerprint density at radius 1 is 1.36 bits per heavy atom. The van der Waals surface area contributed by atoms with E-state index in [-0.39, 0.29) is 11.2 Å². The Kier molecular flexibility index (Phi) is 4.22. The molecule has 0 saturated carbocycles. The largest absolute Gasteiger partial charge is 0.384 e. The topological polar surface area (TPSA) is 60.2 Å². The van der Waals surface area contributed by atoms with Gasteiger partial charge < -0.3 is 14.6 Å². The van der Waals surface area contributed by atoms with Crippen molar-refractivity contribution < 1.29 is 13.7 Å². The van der Waals surface area contributed by atoms with Crippen molar-refractivity contribution in [1.82, 2.24) is 15.5 Å². The van der Waals surface area contributed by atoms with Crippen LogP contribution in [0.25, 0.3) is 11.4 Å². The van der Waals surface area contributed by atoms with Gasteiger partial charge in [-0.05, 0) is 44.5 Å². The Morgan fingerprint density at radius 2 is 2.14 bits per heavy atom. The highest BCUT2D eigenvalue weighted by Crippen LogP contribution is 2.34. The molecule has 0 aliphatic carbocycles. The number of methoxy groups -OCH3 is 1. The molecule has 1 aromatic heterocycles. The van der Waals surface area contributed by atoms with E-state index in [0.717, 1.165) is 25.9 Å². The molecule has 5 nitrogen and oxygen atoms in total. The third-order valence-electron chi connectivity index (χ3n) is 4.29. The molecule has 0 radical (unpaired) electrons. The molecule has 0 unspecified atom stereocenters. The van der Waals surface area contributed by atoms with Gasteiger partial charge in [-0.15, -0.1) is 0 Å². The van der Waals surface area contributed by atoms with Crippen LogP contribution in [0.1, 0.15) is 24.3 Å². The first kappa shape index (κ1) is 15.1. The highest BCUT2D eigenvalue weighted by atomic mass is 19.1. The van der Waals surface area contributed by atoms with E-state index in [9.17, 15) is 4.39 Å². The highest BCUT2D eigenvalue weighted by Gasteiger charge is 2.39. The first-order chi connectivity index (χ1) is 10.6. The number of halogens is 1. The van der Waals surface area contributed by atoms with Crippen LogP contribution in [0, 0.1) is 12.7 Å². The second-order valence-electron chi connectivity index (χ2n) is 5.85. The molecule has 1 N–H and O–H groups in total. The molecule has 1 fully saturated rings. The lowest BCUT2D eigenvalue weighted by atomic mass is 9.79. The van der Waals surface area contributed by atoms with Crippen LogP contribution in [0.3, 0.4) is 0 Å². The summed E-state index contributed by atoms with van der Waals surface area (Å²) in [7, 11) is 1.68. The molecule has 1 saturated heterocycles. The predicted octanol–water partition coefficient (Wildman–Crippen LogP) is 2.45. The maximum Gasteiger partial charge on any atom is 0.235 e. The van der Waals surface area contributed by atoms with E-state index >= 15 is 0 Å². The van der Waals surface area contributed by atoms with Crippen LogP contribution in [0.4, 0.5) is 4.39 Å². The third-order valence-corrected chi connectivity index (χ3v) is 4.29. The Labute approximate surface area is 128 Å². The summed E-state index contributed by atoms with van der Waals surface area (Å²) in [4.78, 5) is 4.51. The van der Waals surface area contributed by atoms with Crippen molar-refractivity contribution in [2.24, 2.45) is 0 Å². The lowest BCUT2D eigenvalue weighted by molar-refractivity contribution is 0.0850. The molecule has 1 aromatic carbocycles. The summed E-state index contributed by atoms with van der Waals surface area (Å²) in [6, 6.07) is 4.96. The predicted molar refractivity (Wildman–Crippen MR) is 80.1 cm³/mol. The average molecular weight is 305 g/mol. The minimum Gasteiger partial charge on any atom is -0.384 e. The molecule has 2 aromatic rings. The smallest absolute Gasteiger partial charge is 0.235 e. The molecule has 3 rings (SSSR count). The molecule has 1 aliphatic rings. The zero-order valence-corrected chi connectivity index (χ0v) is 12.9. The number of nitrogens with zero attached hydrogens (tertiary/aromatic N) is 2. The van der Waals surface area contributed by atoms with E-state index in [1.807, 2.05) is 0 Å². The van der Waals surface area contributed by atoms with E-state index < -0.39 is 0 Å². The Morgan fingerprint density at radius 3 is 2.82 bits per heavy atom. The van der Waals surface area contributed by atoms with Crippen molar-refractivity contribution in [3.05, 3.63) is 35.5 Å². The fraction of sp³-hybridized carbons (Fsp3) is 0.500. The summed E-state index contributed by atoms with van der Waals surface area (Å²) in [5.41, 5.74) is 0.968. The number of ether oxygens (including phenoxy) is 1. The second kappa shape index (κ2) is 6.14. The van der Waals surface area contributed by atoms with Gasteiger partial charge >= 0.3 is 0 Å². The molecule has 22 heavy (non-hydrogen) atoms. The summed E-state index contributed by atoms with van der Waals surface area (Å²) in [5, 5.41) is 7.36. The lowest BCUT2D eigenvalue weighted by Gasteiger charge is -2.33. The van der Waals surface area contributed by atoms with Gasteiger partial charge in [-0.3, -0.25) is 0 Å². The van der Waals surface area contributed by atoms with E-state index in [1.54, 1.807) is 26.2 Å². The monoisotopic (exact) mass is 305 g/mol. The van der Waals surface area contributed by atoms with Crippen molar-refractivity contribution in [2.75, 3.05) is 26.8 Å². The molecular formula is C16H20FN3O2. The van der Waals surface area contributed by atoms with Crippen LogP contribution >= 0.6 is 0 Å². The van der Waals surface area contributed by atoms with Crippen LogP contribution in [0.5, 0.6) is 0 Å². The minimum absolute atomic E-state index is 0.255. The van der Waals surface area contributed by atoms with E-state index in [1.165, 1.54) is 6.07 Å². The molecule has 6 heteroatoms. The number of aryl methyl sites for hydroxylation is 1. The van der Waals surface area contributed by atoms with E-state index in [0.29, 0.717) is 29.4 Å². The summed E-state index contributed by atoms with van der Waals surface area (Å²) >= 11 is 0. The van der Waals surface area contributed by atoms with Gasteiger partial charge in [-0.2, -0.15) is 4.98 Å². The number of aromatic nitrogens is 2. The van der Waals surface area contributed by atoms with Crippen LogP contribution in [-0.2, 0) is 10.2 Å². The van der Waals surface area contributed by atoms with Crippen LogP contribution < -0.4 is 5.32 Å². The van der Waals surface area contributed by atoms with Crippen LogP contribution in [0.15, 0.2) is 22.7 Å². The zero-order chi connectivity index (χ0) is 15.6. The molecule has 0 amide bonds. The van der Waals surface area contributed by atoms with Crippen molar-refractivity contribution >= 4 is 0 Å². The lowest BCUT2D eigenvalue weighted by Crippen LogP contribution is -2.43. The normalized spacial score (nSPS) is 17.6. The van der Waals surface area contributed by atoms with Crippen molar-refractivity contribution in [3.63, 3.8) is 0 Å². The first-order valence-electron chi connectivity index (χ1n) is 7.45. The summed E-state index contributed by atoms with van der Waals surface area (Å²) in [6.07, 6.45) is 1.76. The number of rotatable bonds is 4. The first-order valence-corrected chi connectivity index (χ1v) is 7.45. The van der Waals surface area contributed by atoms with E-state index in [2.05, 4.69) is 15.5 Å². The molecule has 1 aliphatic heterocycles. The number of nitrogens with one attached hydrogen (secondary N) is 1. The SMILES string of the molecule is COCC1(c2nc(-c3ccc(C)c(F)c3)no2)CCNCC1. The zero-order valence-electron chi connectivity index (χ0n) is 12.9. The van der Waals surface area contributed by atoms with E-state index in [4.69, 9.17) is 9.26 Å². The second-order valence-corrected chi connectivity index (χ2v) is 5.85. The number of piperidine rings is 1. The number of benzene rings is 1.